The minimum atomic E-state index is -0.190. The van der Waals surface area contributed by atoms with Crippen LogP contribution in [-0.4, -0.2) is 18.2 Å². The number of amides is 1. The van der Waals surface area contributed by atoms with Gasteiger partial charge in [0.1, 0.15) is 0 Å². The van der Waals surface area contributed by atoms with Crippen molar-refractivity contribution in [3.8, 4) is 11.5 Å². The van der Waals surface area contributed by atoms with Gasteiger partial charge >= 0.3 is 0 Å². The van der Waals surface area contributed by atoms with Crippen molar-refractivity contribution in [1.82, 2.24) is 5.32 Å². The van der Waals surface area contributed by atoms with Crippen molar-refractivity contribution >= 4 is 5.91 Å². The lowest BCUT2D eigenvalue weighted by Crippen LogP contribution is -2.45. The molecule has 4 nitrogen and oxygen atoms in total. The largest absolute Gasteiger partial charge is 0.454 e. The third kappa shape index (κ3) is 4.93. The van der Waals surface area contributed by atoms with Gasteiger partial charge < -0.3 is 14.8 Å². The van der Waals surface area contributed by atoms with Crippen LogP contribution < -0.4 is 14.8 Å². The Hall–Kier alpha value is -1.71. The molecule has 0 unspecified atom stereocenters. The lowest BCUT2D eigenvalue weighted by Gasteiger charge is -2.33. The number of carbonyl (C=O) groups is 1. The van der Waals surface area contributed by atoms with Crippen LogP contribution in [0.25, 0.3) is 0 Å². The number of carbonyl (C=O) groups excluding carboxylic acids is 1. The maximum Gasteiger partial charge on any atom is 0.231 e. The fraction of sp³-hybridized carbons (Fsp3) is 0.611. The van der Waals surface area contributed by atoms with Gasteiger partial charge in [-0.15, -0.1) is 0 Å². The summed E-state index contributed by atoms with van der Waals surface area (Å²) in [5, 5.41) is 3.14. The molecule has 1 aromatic rings. The van der Waals surface area contributed by atoms with Gasteiger partial charge in [-0.05, 0) is 49.8 Å². The molecule has 2 rings (SSSR count). The molecule has 0 aromatic heterocycles. The maximum atomic E-state index is 12.2. The summed E-state index contributed by atoms with van der Waals surface area (Å²) in [7, 11) is 0. The number of rotatable bonds is 5. The van der Waals surface area contributed by atoms with Crippen molar-refractivity contribution in [1.29, 1.82) is 0 Å². The Morgan fingerprint density at radius 1 is 1.14 bits per heavy atom. The number of hydrogen-bond donors (Lipinski definition) is 1. The maximum absolute atomic E-state index is 12.2. The first-order valence-electron chi connectivity index (χ1n) is 7.84. The minimum Gasteiger partial charge on any atom is -0.454 e. The lowest BCUT2D eigenvalue weighted by molar-refractivity contribution is -0.122. The van der Waals surface area contributed by atoms with Crippen LogP contribution in [0.4, 0.5) is 0 Å². The van der Waals surface area contributed by atoms with Crippen LogP contribution in [0.3, 0.4) is 0 Å². The first-order valence-corrected chi connectivity index (χ1v) is 7.84. The molecule has 0 saturated carbocycles. The number of fused-ring (bicyclic) bond motifs is 1. The van der Waals surface area contributed by atoms with E-state index in [0.717, 1.165) is 23.5 Å². The molecule has 1 aliphatic heterocycles. The molecule has 0 radical (unpaired) electrons. The number of benzene rings is 1. The van der Waals surface area contributed by atoms with E-state index in [1.54, 1.807) is 0 Å². The van der Waals surface area contributed by atoms with Crippen LogP contribution in [0.15, 0.2) is 18.2 Å². The fourth-order valence-corrected chi connectivity index (χ4v) is 3.16. The molecule has 0 spiro atoms. The molecular formula is C18H27NO3. The van der Waals surface area contributed by atoms with Crippen molar-refractivity contribution in [2.75, 3.05) is 6.79 Å². The van der Waals surface area contributed by atoms with Gasteiger partial charge in [0.2, 0.25) is 12.7 Å². The molecule has 1 aromatic carbocycles. The molecule has 22 heavy (non-hydrogen) atoms. The predicted octanol–water partition coefficient (Wildman–Crippen LogP) is 3.68. The zero-order valence-electron chi connectivity index (χ0n) is 14.3. The molecule has 122 valence electrons. The van der Waals surface area contributed by atoms with Crippen molar-refractivity contribution in [2.45, 2.75) is 59.4 Å². The zero-order valence-corrected chi connectivity index (χ0v) is 14.3. The summed E-state index contributed by atoms with van der Waals surface area (Å²) in [6.07, 6.45) is 2.12. The third-order valence-corrected chi connectivity index (χ3v) is 3.53. The van der Waals surface area contributed by atoms with Crippen molar-refractivity contribution in [2.24, 2.45) is 5.41 Å². The van der Waals surface area contributed by atoms with Gasteiger partial charge in [0, 0.05) is 12.0 Å². The third-order valence-electron chi connectivity index (χ3n) is 3.53. The number of ether oxygens (including phenoxy) is 2. The standard InChI is InChI=1S/C18H27NO3/c1-17(2,3)11-18(4,5)19-16(20)9-7-13-6-8-14-15(10-13)22-12-21-14/h6,8,10H,7,9,11-12H2,1-5H3,(H,19,20). The lowest BCUT2D eigenvalue weighted by atomic mass is 9.81. The second-order valence-corrected chi connectivity index (χ2v) is 7.86. The van der Waals surface area contributed by atoms with Crippen molar-refractivity contribution in [3.63, 3.8) is 0 Å². The van der Waals surface area contributed by atoms with E-state index >= 15 is 0 Å². The molecule has 0 saturated heterocycles. The first-order chi connectivity index (χ1) is 10.1. The van der Waals surface area contributed by atoms with Crippen LogP contribution >= 0.6 is 0 Å². The number of nitrogens with one attached hydrogen (secondary N) is 1. The first kappa shape index (κ1) is 16.7. The monoisotopic (exact) mass is 305 g/mol. The van der Waals surface area contributed by atoms with Gasteiger partial charge in [0.15, 0.2) is 11.5 Å². The van der Waals surface area contributed by atoms with Crippen LogP contribution in [0.5, 0.6) is 11.5 Å². The van der Waals surface area contributed by atoms with E-state index in [2.05, 4.69) is 39.9 Å². The highest BCUT2D eigenvalue weighted by Gasteiger charge is 2.26. The second-order valence-electron chi connectivity index (χ2n) is 7.86. The fourth-order valence-electron chi connectivity index (χ4n) is 3.16. The highest BCUT2D eigenvalue weighted by atomic mass is 16.7. The minimum absolute atomic E-state index is 0.0897. The quantitative estimate of drug-likeness (QED) is 0.902. The van der Waals surface area contributed by atoms with E-state index in [-0.39, 0.29) is 23.7 Å². The summed E-state index contributed by atoms with van der Waals surface area (Å²) < 4.78 is 10.6. The van der Waals surface area contributed by atoms with Crippen LogP contribution in [-0.2, 0) is 11.2 Å². The Kier molecular flexibility index (Phi) is 4.69. The second kappa shape index (κ2) is 6.19. The van der Waals surface area contributed by atoms with Gasteiger partial charge in [0.05, 0.1) is 0 Å². The molecule has 1 amide bonds. The summed E-state index contributed by atoms with van der Waals surface area (Å²) in [4.78, 5) is 12.2. The van der Waals surface area contributed by atoms with Crippen LogP contribution in [0.2, 0.25) is 0 Å². The normalized spacial score (nSPS) is 14.0. The molecular weight excluding hydrogens is 278 g/mol. The molecule has 1 N–H and O–H groups in total. The molecule has 1 heterocycles. The molecule has 4 heteroatoms. The Bertz CT molecular complexity index is 544. The van der Waals surface area contributed by atoms with Gasteiger partial charge in [-0.3, -0.25) is 4.79 Å². The number of hydrogen-bond acceptors (Lipinski definition) is 3. The summed E-state index contributed by atoms with van der Waals surface area (Å²) in [6, 6.07) is 5.84. The average molecular weight is 305 g/mol. The Labute approximate surface area is 133 Å². The van der Waals surface area contributed by atoms with Gasteiger partial charge in [-0.25, -0.2) is 0 Å². The van der Waals surface area contributed by atoms with E-state index in [0.29, 0.717) is 12.8 Å². The van der Waals surface area contributed by atoms with Crippen LogP contribution in [0, 0.1) is 5.41 Å². The molecule has 1 aliphatic rings. The van der Waals surface area contributed by atoms with E-state index in [1.165, 1.54) is 0 Å². The SMILES string of the molecule is CC(C)(C)CC(C)(C)NC(=O)CCc1ccc2c(c1)OCO2. The summed E-state index contributed by atoms with van der Waals surface area (Å²) >= 11 is 0. The highest BCUT2D eigenvalue weighted by Crippen LogP contribution is 2.32. The van der Waals surface area contributed by atoms with Gasteiger partial charge in [0.25, 0.3) is 0 Å². The summed E-state index contributed by atoms with van der Waals surface area (Å²) in [5.74, 6) is 1.64. The highest BCUT2D eigenvalue weighted by molar-refractivity contribution is 5.77. The molecule has 0 bridgehead atoms. The average Bonchev–Trinajstić information content (AvgIpc) is 2.79. The topological polar surface area (TPSA) is 47.6 Å². The van der Waals surface area contributed by atoms with Crippen molar-refractivity contribution < 1.29 is 14.3 Å². The van der Waals surface area contributed by atoms with E-state index < -0.39 is 0 Å². The van der Waals surface area contributed by atoms with E-state index in [1.807, 2.05) is 18.2 Å². The van der Waals surface area contributed by atoms with Gasteiger partial charge in [-0.2, -0.15) is 0 Å². The Morgan fingerprint density at radius 2 is 1.82 bits per heavy atom. The summed E-state index contributed by atoms with van der Waals surface area (Å²) in [5.41, 5.74) is 1.09. The Balaban J connectivity index is 1.85. The van der Waals surface area contributed by atoms with E-state index in [9.17, 15) is 4.79 Å². The van der Waals surface area contributed by atoms with E-state index in [4.69, 9.17) is 9.47 Å². The summed E-state index contributed by atoms with van der Waals surface area (Å²) in [6.45, 7) is 11.0. The zero-order chi connectivity index (χ0) is 16.4. The Morgan fingerprint density at radius 3 is 2.50 bits per heavy atom. The van der Waals surface area contributed by atoms with Crippen LogP contribution in [0.1, 0.15) is 53.0 Å². The smallest absolute Gasteiger partial charge is 0.231 e. The number of aryl methyl sites for hydroxylation is 1. The molecule has 0 atom stereocenters. The molecule has 0 aliphatic carbocycles. The predicted molar refractivity (Wildman–Crippen MR) is 87.2 cm³/mol. The van der Waals surface area contributed by atoms with Crippen molar-refractivity contribution in [3.05, 3.63) is 23.8 Å². The van der Waals surface area contributed by atoms with Gasteiger partial charge in [-0.1, -0.05) is 26.8 Å². The molecule has 0 fully saturated rings.